The summed E-state index contributed by atoms with van der Waals surface area (Å²) in [4.78, 5) is 13.9. The van der Waals surface area contributed by atoms with Crippen LogP contribution in [0.3, 0.4) is 0 Å². The lowest BCUT2D eigenvalue weighted by atomic mass is 10.0. The zero-order valence-corrected chi connectivity index (χ0v) is 15.1. The Kier molecular flexibility index (Phi) is 6.15. The van der Waals surface area contributed by atoms with Crippen molar-refractivity contribution >= 4 is 5.97 Å². The second-order valence-corrected chi connectivity index (χ2v) is 6.55. The first-order valence-electron chi connectivity index (χ1n) is 8.99. The number of benzene rings is 1. The van der Waals surface area contributed by atoms with Crippen molar-refractivity contribution < 1.29 is 22.7 Å². The smallest absolute Gasteiger partial charge is 0.341 e. The summed E-state index contributed by atoms with van der Waals surface area (Å²) < 4.78 is 46.5. The van der Waals surface area contributed by atoms with Crippen LogP contribution in [0.4, 0.5) is 13.2 Å². The molecule has 1 fully saturated rings. The number of alkyl halides is 2. The van der Waals surface area contributed by atoms with E-state index in [-0.39, 0.29) is 30.7 Å². The summed E-state index contributed by atoms with van der Waals surface area (Å²) in [6.07, 6.45) is 0.754. The normalized spacial score (nSPS) is 17.6. The van der Waals surface area contributed by atoms with Crippen molar-refractivity contribution in [2.75, 3.05) is 13.2 Å². The molecule has 0 spiro atoms. The lowest BCUT2D eigenvalue weighted by molar-refractivity contribution is 0.0511. The van der Waals surface area contributed by atoms with Gasteiger partial charge in [0.25, 0.3) is 6.43 Å². The first-order chi connectivity index (χ1) is 13.0. The van der Waals surface area contributed by atoms with Gasteiger partial charge in [-0.15, -0.1) is 0 Å². The molecule has 27 heavy (non-hydrogen) atoms. The molecule has 1 atom stereocenters. The van der Waals surface area contributed by atoms with E-state index in [9.17, 15) is 18.0 Å². The number of ether oxygens (including phenoxy) is 1. The zero-order chi connectivity index (χ0) is 19.4. The van der Waals surface area contributed by atoms with E-state index in [0.29, 0.717) is 6.42 Å². The third-order valence-electron chi connectivity index (χ3n) is 4.76. The van der Waals surface area contributed by atoms with Crippen molar-refractivity contribution in [3.05, 3.63) is 53.1 Å². The Labute approximate surface area is 155 Å². The van der Waals surface area contributed by atoms with Gasteiger partial charge >= 0.3 is 5.97 Å². The monoisotopic (exact) mass is 381 g/mol. The van der Waals surface area contributed by atoms with Crippen molar-refractivity contribution in [1.82, 2.24) is 14.7 Å². The molecule has 1 aliphatic rings. The van der Waals surface area contributed by atoms with Crippen LogP contribution in [0, 0.1) is 5.82 Å². The summed E-state index contributed by atoms with van der Waals surface area (Å²) in [5, 5.41) is 3.99. The molecule has 0 N–H and O–H groups in total. The molecule has 146 valence electrons. The van der Waals surface area contributed by atoms with Crippen molar-refractivity contribution in [2.24, 2.45) is 0 Å². The summed E-state index contributed by atoms with van der Waals surface area (Å²) in [6.45, 7) is 2.61. The minimum absolute atomic E-state index is 0.104. The molecule has 5 nitrogen and oxygen atoms in total. The number of rotatable bonds is 7. The number of halogens is 3. The van der Waals surface area contributed by atoms with E-state index in [1.165, 1.54) is 16.8 Å². The molecule has 1 saturated heterocycles. The van der Waals surface area contributed by atoms with E-state index in [2.05, 4.69) is 5.10 Å². The van der Waals surface area contributed by atoms with E-state index in [0.717, 1.165) is 31.1 Å². The van der Waals surface area contributed by atoms with Gasteiger partial charge in [-0.05, 0) is 43.9 Å². The van der Waals surface area contributed by atoms with Crippen molar-refractivity contribution in [1.29, 1.82) is 0 Å². The van der Waals surface area contributed by atoms with Crippen LogP contribution < -0.4 is 0 Å². The highest BCUT2D eigenvalue weighted by Crippen LogP contribution is 2.27. The third-order valence-corrected chi connectivity index (χ3v) is 4.76. The number of esters is 1. The van der Waals surface area contributed by atoms with Crippen molar-refractivity contribution in [3.8, 4) is 0 Å². The van der Waals surface area contributed by atoms with Gasteiger partial charge in [-0.25, -0.2) is 22.6 Å². The molecule has 1 aromatic heterocycles. The standard InChI is InChI=1S/C19H22F3N3O2/c1-2-27-19(26)16-11-23-25(17(16)18(21)22)12-24-8-4-7-15(24)10-13-5-3-6-14(20)9-13/h3,5-6,9,11,15,18H,2,4,7-8,10,12H2,1H3. The average Bonchev–Trinajstić information content (AvgIpc) is 3.23. The van der Waals surface area contributed by atoms with Gasteiger partial charge in [0.05, 0.1) is 19.5 Å². The van der Waals surface area contributed by atoms with Crippen LogP contribution in [0.1, 0.15) is 47.8 Å². The predicted molar refractivity (Wildman–Crippen MR) is 93.0 cm³/mol. The summed E-state index contributed by atoms with van der Waals surface area (Å²) in [5.74, 6) is -1.08. The van der Waals surface area contributed by atoms with Crippen LogP contribution in [0.15, 0.2) is 30.5 Å². The molecule has 3 rings (SSSR count). The highest BCUT2D eigenvalue weighted by atomic mass is 19.3. The summed E-state index contributed by atoms with van der Waals surface area (Å²) >= 11 is 0. The fourth-order valence-electron chi connectivity index (χ4n) is 3.52. The minimum atomic E-state index is -2.84. The average molecular weight is 381 g/mol. The molecular formula is C19H22F3N3O2. The van der Waals surface area contributed by atoms with Crippen molar-refractivity contribution in [2.45, 2.75) is 45.3 Å². The number of aromatic nitrogens is 2. The second-order valence-electron chi connectivity index (χ2n) is 6.55. The summed E-state index contributed by atoms with van der Waals surface area (Å²) in [6, 6.07) is 6.52. The van der Waals surface area contributed by atoms with Crippen LogP contribution >= 0.6 is 0 Å². The summed E-state index contributed by atoms with van der Waals surface area (Å²) in [7, 11) is 0. The Bertz CT molecular complexity index is 794. The van der Waals surface area contributed by atoms with Crippen LogP contribution in [0.5, 0.6) is 0 Å². The van der Waals surface area contributed by atoms with Crippen molar-refractivity contribution in [3.63, 3.8) is 0 Å². The van der Waals surface area contributed by atoms with E-state index in [1.807, 2.05) is 11.0 Å². The Hall–Kier alpha value is -2.35. The summed E-state index contributed by atoms with van der Waals surface area (Å²) in [5.41, 5.74) is 0.242. The molecular weight excluding hydrogens is 359 g/mol. The lowest BCUT2D eigenvalue weighted by Gasteiger charge is -2.25. The molecule has 2 heterocycles. The van der Waals surface area contributed by atoms with E-state index in [1.54, 1.807) is 13.0 Å². The number of likely N-dealkylation sites (tertiary alicyclic amines) is 1. The van der Waals surface area contributed by atoms with Gasteiger partial charge in [0.2, 0.25) is 0 Å². The lowest BCUT2D eigenvalue weighted by Crippen LogP contribution is -2.34. The van der Waals surface area contributed by atoms with Crippen LogP contribution in [-0.2, 0) is 17.8 Å². The van der Waals surface area contributed by atoms with Gasteiger partial charge in [0, 0.05) is 12.6 Å². The maximum absolute atomic E-state index is 13.6. The van der Waals surface area contributed by atoms with Gasteiger partial charge < -0.3 is 4.74 Å². The topological polar surface area (TPSA) is 47.4 Å². The Morgan fingerprint density at radius 3 is 2.93 bits per heavy atom. The van der Waals surface area contributed by atoms with Gasteiger partial charge in [-0.2, -0.15) is 5.10 Å². The maximum atomic E-state index is 13.6. The number of hydrogen-bond acceptors (Lipinski definition) is 4. The number of carbonyl (C=O) groups is 1. The zero-order valence-electron chi connectivity index (χ0n) is 15.1. The second kappa shape index (κ2) is 8.56. The predicted octanol–water partition coefficient (Wildman–Crippen LogP) is 3.80. The molecule has 0 amide bonds. The number of carbonyl (C=O) groups excluding carboxylic acids is 1. The fraction of sp³-hybridized carbons (Fsp3) is 0.474. The fourth-order valence-corrected chi connectivity index (χ4v) is 3.52. The van der Waals surface area contributed by atoms with E-state index >= 15 is 0 Å². The van der Waals surface area contributed by atoms with Gasteiger partial charge in [-0.1, -0.05) is 12.1 Å². The number of hydrogen-bond donors (Lipinski definition) is 0. The molecule has 2 aromatic rings. The van der Waals surface area contributed by atoms with Gasteiger partial charge in [0.15, 0.2) is 0 Å². The molecule has 0 aliphatic carbocycles. The highest BCUT2D eigenvalue weighted by Gasteiger charge is 2.30. The quantitative estimate of drug-likeness (QED) is 0.685. The molecule has 0 saturated carbocycles. The molecule has 8 heteroatoms. The first-order valence-corrected chi connectivity index (χ1v) is 8.99. The van der Waals surface area contributed by atoms with Gasteiger partial charge in [0.1, 0.15) is 17.1 Å². The Morgan fingerprint density at radius 1 is 1.41 bits per heavy atom. The Morgan fingerprint density at radius 2 is 2.22 bits per heavy atom. The van der Waals surface area contributed by atoms with Gasteiger partial charge in [-0.3, -0.25) is 4.90 Å². The Balaban J connectivity index is 1.76. The molecule has 0 radical (unpaired) electrons. The van der Waals surface area contributed by atoms with E-state index < -0.39 is 18.1 Å². The first kappa shape index (κ1) is 19.4. The number of nitrogens with zero attached hydrogens (tertiary/aromatic N) is 3. The SMILES string of the molecule is CCOC(=O)c1cnn(CN2CCCC2Cc2cccc(F)c2)c1C(F)F. The molecule has 1 aromatic carbocycles. The molecule has 0 bridgehead atoms. The third kappa shape index (κ3) is 4.50. The largest absolute Gasteiger partial charge is 0.462 e. The van der Waals surface area contributed by atoms with Crippen LogP contribution in [-0.4, -0.2) is 39.8 Å². The van der Waals surface area contributed by atoms with Crippen LogP contribution in [0.25, 0.3) is 0 Å². The molecule has 1 unspecified atom stereocenters. The van der Waals surface area contributed by atoms with E-state index in [4.69, 9.17) is 4.74 Å². The molecule has 1 aliphatic heterocycles. The highest BCUT2D eigenvalue weighted by molar-refractivity contribution is 5.90. The minimum Gasteiger partial charge on any atom is -0.462 e. The van der Waals surface area contributed by atoms with Crippen LogP contribution in [0.2, 0.25) is 0 Å². The maximum Gasteiger partial charge on any atom is 0.341 e.